The van der Waals surface area contributed by atoms with Gasteiger partial charge >= 0.3 is 11.9 Å². The number of nitrogens with zero attached hydrogens (tertiary/aromatic N) is 1. The second-order valence-corrected chi connectivity index (χ2v) is 7.89. The first-order chi connectivity index (χ1) is 12.4. The monoisotopic (exact) mass is 419 g/mol. The molecule has 1 radical (unpaired) electrons. The minimum atomic E-state index is -1.26. The third-order valence-corrected chi connectivity index (χ3v) is 6.15. The van der Waals surface area contributed by atoms with Crippen LogP contribution in [-0.4, -0.2) is 87.1 Å². The molecule has 1 saturated heterocycles. The van der Waals surface area contributed by atoms with Crippen LogP contribution in [0.3, 0.4) is 0 Å². The topological polar surface area (TPSA) is 113 Å². The van der Waals surface area contributed by atoms with Crippen molar-refractivity contribution in [3.05, 3.63) is 33.7 Å². The zero-order valence-corrected chi connectivity index (χ0v) is 18.4. The van der Waals surface area contributed by atoms with Crippen molar-refractivity contribution in [2.75, 3.05) is 12.4 Å². The van der Waals surface area contributed by atoms with Crippen LogP contribution in [0.2, 0.25) is 0 Å². The van der Waals surface area contributed by atoms with Crippen molar-refractivity contribution < 1.29 is 29.0 Å². The fourth-order valence-electron chi connectivity index (χ4n) is 2.78. The number of rotatable bonds is 6. The van der Waals surface area contributed by atoms with Crippen LogP contribution in [0.15, 0.2) is 28.8 Å². The number of thioether (sulfide) groups is 1. The molecule has 2 amide bonds. The van der Waals surface area contributed by atoms with Gasteiger partial charge in [0.05, 0.1) is 6.42 Å². The maximum absolute atomic E-state index is 12.4. The maximum Gasteiger partial charge on any atom is 0.352 e. The Labute approximate surface area is 185 Å². The molecule has 2 atom stereocenters. The Morgan fingerprint density at radius 3 is 2.74 bits per heavy atom. The van der Waals surface area contributed by atoms with Crippen molar-refractivity contribution in [3.8, 4) is 0 Å². The van der Waals surface area contributed by atoms with Crippen LogP contribution in [0, 0.1) is 0 Å². The fraction of sp³-hybridized carbons (Fsp3) is 0.375. The molecule has 3 rings (SSSR count). The average molecular weight is 419 g/mol. The summed E-state index contributed by atoms with van der Waals surface area (Å²) in [6.45, 7) is 1.06. The molecule has 2 aliphatic rings. The van der Waals surface area contributed by atoms with Crippen LogP contribution >= 0.6 is 23.1 Å². The Kier molecular flexibility index (Phi) is 7.52. The molecule has 27 heavy (non-hydrogen) atoms. The number of ether oxygens (including phenoxy) is 1. The molecule has 0 aliphatic carbocycles. The number of carbonyl (C=O) groups excluding carboxylic acids is 3. The van der Waals surface area contributed by atoms with E-state index in [0.717, 1.165) is 9.78 Å². The van der Waals surface area contributed by atoms with Gasteiger partial charge in [-0.3, -0.25) is 19.3 Å². The SMILES string of the molecule is CC(=O)OCC1=C(C(=O)O)N2C(=O)C(NC(=O)Cc3cccs3)C2SC1.[Na]. The zero-order valence-electron chi connectivity index (χ0n) is 14.8. The summed E-state index contributed by atoms with van der Waals surface area (Å²) in [5, 5.41) is 13.5. The number of amides is 2. The van der Waals surface area contributed by atoms with Gasteiger partial charge in [-0.15, -0.1) is 23.1 Å². The molecular formula is C16H16N2NaO6S2. The van der Waals surface area contributed by atoms with Crippen LogP contribution < -0.4 is 5.32 Å². The van der Waals surface area contributed by atoms with Crippen molar-refractivity contribution >= 4 is 76.4 Å². The number of esters is 1. The molecule has 11 heteroatoms. The summed E-state index contributed by atoms with van der Waals surface area (Å²) in [4.78, 5) is 49.2. The first kappa shape index (κ1) is 22.0. The number of nitrogens with one attached hydrogen (secondary N) is 1. The molecule has 1 aromatic heterocycles. The minimum absolute atomic E-state index is 0. The molecule has 8 nitrogen and oxygen atoms in total. The molecule has 139 valence electrons. The van der Waals surface area contributed by atoms with Crippen molar-refractivity contribution in [2.24, 2.45) is 0 Å². The molecule has 0 spiro atoms. The Hall–Kier alpha value is -1.33. The van der Waals surface area contributed by atoms with Crippen LogP contribution in [0.4, 0.5) is 0 Å². The average Bonchev–Trinajstić information content (AvgIpc) is 3.09. The van der Waals surface area contributed by atoms with Crippen LogP contribution in [0.1, 0.15) is 11.8 Å². The van der Waals surface area contributed by atoms with Gasteiger partial charge < -0.3 is 15.2 Å². The molecule has 2 N–H and O–H groups in total. The Morgan fingerprint density at radius 1 is 1.41 bits per heavy atom. The van der Waals surface area contributed by atoms with Gasteiger partial charge in [-0.1, -0.05) is 6.07 Å². The quantitative estimate of drug-likeness (QED) is 0.385. The van der Waals surface area contributed by atoms with E-state index in [9.17, 15) is 24.3 Å². The number of hydrogen-bond acceptors (Lipinski definition) is 7. The molecule has 2 aliphatic heterocycles. The van der Waals surface area contributed by atoms with E-state index in [-0.39, 0.29) is 54.2 Å². The zero-order chi connectivity index (χ0) is 18.8. The number of carboxylic acids is 1. The Morgan fingerprint density at radius 2 is 2.15 bits per heavy atom. The molecule has 3 heterocycles. The molecule has 0 bridgehead atoms. The van der Waals surface area contributed by atoms with Crippen LogP contribution in [0.5, 0.6) is 0 Å². The van der Waals surface area contributed by atoms with Gasteiger partial charge in [0, 0.05) is 52.7 Å². The summed E-state index contributed by atoms with van der Waals surface area (Å²) in [5.74, 6) is -2.23. The van der Waals surface area contributed by atoms with Crippen molar-refractivity contribution in [2.45, 2.75) is 24.8 Å². The van der Waals surface area contributed by atoms with Crippen molar-refractivity contribution in [1.82, 2.24) is 10.2 Å². The number of β-lactam (4-membered cyclic amide) rings is 1. The minimum Gasteiger partial charge on any atom is -0.477 e. The van der Waals surface area contributed by atoms with E-state index in [2.05, 4.69) is 5.32 Å². The van der Waals surface area contributed by atoms with Crippen LogP contribution in [0.25, 0.3) is 0 Å². The van der Waals surface area contributed by atoms with E-state index in [1.165, 1.54) is 30.0 Å². The second-order valence-electron chi connectivity index (χ2n) is 5.75. The first-order valence-corrected chi connectivity index (χ1v) is 9.66. The molecular weight excluding hydrogens is 403 g/mol. The molecule has 1 fully saturated rings. The molecule has 0 aromatic carbocycles. The summed E-state index contributed by atoms with van der Waals surface area (Å²) >= 11 is 2.79. The van der Waals surface area contributed by atoms with E-state index < -0.39 is 29.3 Å². The number of hydrogen-bond donors (Lipinski definition) is 2. The fourth-order valence-corrected chi connectivity index (χ4v) is 4.81. The predicted octanol–water partition coefficient (Wildman–Crippen LogP) is 0.212. The third kappa shape index (κ3) is 4.75. The van der Waals surface area contributed by atoms with E-state index in [0.29, 0.717) is 11.3 Å². The van der Waals surface area contributed by atoms with Crippen LogP contribution in [-0.2, 0) is 30.3 Å². The first-order valence-electron chi connectivity index (χ1n) is 7.73. The maximum atomic E-state index is 12.4. The normalized spacial score (nSPS) is 20.9. The summed E-state index contributed by atoms with van der Waals surface area (Å²) in [6.07, 6.45) is 0.179. The van der Waals surface area contributed by atoms with Crippen molar-refractivity contribution in [3.63, 3.8) is 0 Å². The third-order valence-electron chi connectivity index (χ3n) is 3.93. The summed E-state index contributed by atoms with van der Waals surface area (Å²) < 4.78 is 4.87. The van der Waals surface area contributed by atoms with Crippen molar-refractivity contribution in [1.29, 1.82) is 0 Å². The molecule has 0 saturated carbocycles. The molecule has 2 unspecified atom stereocenters. The van der Waals surface area contributed by atoms with E-state index >= 15 is 0 Å². The van der Waals surface area contributed by atoms with Gasteiger partial charge in [-0.25, -0.2) is 4.79 Å². The standard InChI is InChI=1S/C16H16N2O6S2.Na/c1-8(19)24-6-9-7-26-15-12(14(21)18(15)13(9)16(22)23)17-11(20)5-10-3-2-4-25-10;/h2-4,12,15H,5-7H2,1H3,(H,17,20)(H,22,23);. The van der Waals surface area contributed by atoms with Gasteiger partial charge in [0.15, 0.2) is 0 Å². The number of fused-ring (bicyclic) bond motifs is 1. The van der Waals surface area contributed by atoms with E-state index in [4.69, 9.17) is 4.74 Å². The number of thiophene rings is 1. The summed E-state index contributed by atoms with van der Waals surface area (Å²) in [7, 11) is 0. The number of aliphatic carboxylic acids is 1. The number of carboxylic acid groups (broad SMARTS) is 1. The largest absolute Gasteiger partial charge is 0.477 e. The van der Waals surface area contributed by atoms with Gasteiger partial charge in [-0.2, -0.15) is 0 Å². The van der Waals surface area contributed by atoms with Gasteiger partial charge in [-0.05, 0) is 11.4 Å². The van der Waals surface area contributed by atoms with E-state index in [1.807, 2.05) is 17.5 Å². The van der Waals surface area contributed by atoms with Gasteiger partial charge in [0.1, 0.15) is 23.7 Å². The van der Waals surface area contributed by atoms with E-state index in [1.54, 1.807) is 0 Å². The molecule has 1 aromatic rings. The summed E-state index contributed by atoms with van der Waals surface area (Å²) in [5.41, 5.74) is 0.203. The smallest absolute Gasteiger partial charge is 0.352 e. The van der Waals surface area contributed by atoms with Gasteiger partial charge in [0.2, 0.25) is 5.91 Å². The second kappa shape index (κ2) is 9.24. The Balaban J connectivity index is 0.00000261. The summed E-state index contributed by atoms with van der Waals surface area (Å²) in [6, 6.07) is 2.92. The van der Waals surface area contributed by atoms with Gasteiger partial charge in [0.25, 0.3) is 5.91 Å². The Bertz CT molecular complexity index is 795. The number of carbonyl (C=O) groups is 4. The predicted molar refractivity (Wildman–Crippen MR) is 100 cm³/mol.